The lowest BCUT2D eigenvalue weighted by molar-refractivity contribution is 0.597. The molecule has 2 aromatic rings. The molecule has 0 aliphatic carbocycles. The number of fused-ring (bicyclic) bond motifs is 1. The van der Waals surface area contributed by atoms with Crippen LogP contribution in [0, 0.1) is 0 Å². The van der Waals surface area contributed by atoms with Gasteiger partial charge in [0.15, 0.2) is 0 Å². The summed E-state index contributed by atoms with van der Waals surface area (Å²) >= 11 is 0. The molecule has 1 aromatic heterocycles. The van der Waals surface area contributed by atoms with Gasteiger partial charge in [0.2, 0.25) is 10.0 Å². The van der Waals surface area contributed by atoms with Gasteiger partial charge in [-0.05, 0) is 18.1 Å². The first kappa shape index (κ1) is 10.8. The number of aromatic nitrogens is 3. The maximum Gasteiger partial charge on any atom is 0.240 e. The third kappa shape index (κ3) is 1.70. The van der Waals surface area contributed by atoms with E-state index >= 15 is 0 Å². The van der Waals surface area contributed by atoms with Crippen molar-refractivity contribution in [3.63, 3.8) is 0 Å². The number of rotatable bonds is 3. The second-order valence-corrected chi connectivity index (χ2v) is 4.78. The van der Waals surface area contributed by atoms with Crippen LogP contribution in [0.25, 0.3) is 11.0 Å². The Hall–Kier alpha value is -1.73. The van der Waals surface area contributed by atoms with Crippen LogP contribution in [0.5, 0.6) is 0 Å². The minimum Gasteiger partial charge on any atom is -0.225 e. The van der Waals surface area contributed by atoms with Crippen molar-refractivity contribution < 1.29 is 8.42 Å². The van der Waals surface area contributed by atoms with Crippen LogP contribution < -0.4 is 5.14 Å². The summed E-state index contributed by atoms with van der Waals surface area (Å²) in [5.41, 5.74) is 1.30. The van der Waals surface area contributed by atoms with Gasteiger partial charge < -0.3 is 0 Å². The van der Waals surface area contributed by atoms with E-state index in [1.54, 1.807) is 18.2 Å². The second-order valence-electron chi connectivity index (χ2n) is 3.28. The SMILES string of the molecule is C=CCc1ccc2n[nH]nc2c1S(N)(=O)=O. The Morgan fingerprint density at radius 1 is 1.44 bits per heavy atom. The van der Waals surface area contributed by atoms with Crippen molar-refractivity contribution in [3.05, 3.63) is 30.4 Å². The molecule has 0 bridgehead atoms. The molecule has 84 valence electrons. The van der Waals surface area contributed by atoms with Crippen LogP contribution in [0.4, 0.5) is 0 Å². The molecule has 1 aromatic carbocycles. The van der Waals surface area contributed by atoms with Gasteiger partial charge >= 0.3 is 0 Å². The number of sulfonamides is 1. The summed E-state index contributed by atoms with van der Waals surface area (Å²) in [6.45, 7) is 3.57. The summed E-state index contributed by atoms with van der Waals surface area (Å²) in [4.78, 5) is 0.0126. The van der Waals surface area contributed by atoms with Crippen molar-refractivity contribution in [2.24, 2.45) is 5.14 Å². The first-order valence-electron chi connectivity index (χ1n) is 4.50. The van der Waals surface area contributed by atoms with Crippen molar-refractivity contribution in [1.82, 2.24) is 15.4 Å². The van der Waals surface area contributed by atoms with E-state index in [1.807, 2.05) is 0 Å². The average molecular weight is 238 g/mol. The van der Waals surface area contributed by atoms with E-state index in [9.17, 15) is 8.42 Å². The van der Waals surface area contributed by atoms with Gasteiger partial charge in [-0.15, -0.1) is 6.58 Å². The number of hydrogen-bond acceptors (Lipinski definition) is 4. The van der Waals surface area contributed by atoms with E-state index in [2.05, 4.69) is 22.0 Å². The van der Waals surface area contributed by atoms with Gasteiger partial charge in [0.25, 0.3) is 0 Å². The van der Waals surface area contributed by atoms with Crippen molar-refractivity contribution in [2.45, 2.75) is 11.3 Å². The lowest BCUT2D eigenvalue weighted by Gasteiger charge is -2.05. The zero-order chi connectivity index (χ0) is 11.8. The van der Waals surface area contributed by atoms with Gasteiger partial charge in [0, 0.05) is 0 Å². The molecule has 0 unspecified atom stereocenters. The van der Waals surface area contributed by atoms with Crippen LogP contribution >= 0.6 is 0 Å². The van der Waals surface area contributed by atoms with Crippen molar-refractivity contribution in [1.29, 1.82) is 0 Å². The molecule has 0 saturated carbocycles. The highest BCUT2D eigenvalue weighted by atomic mass is 32.2. The van der Waals surface area contributed by atoms with Gasteiger partial charge in [-0.2, -0.15) is 15.4 Å². The van der Waals surface area contributed by atoms with Gasteiger partial charge in [-0.25, -0.2) is 13.6 Å². The van der Waals surface area contributed by atoms with Crippen LogP contribution in [0.15, 0.2) is 29.7 Å². The monoisotopic (exact) mass is 238 g/mol. The van der Waals surface area contributed by atoms with E-state index < -0.39 is 10.0 Å². The number of nitrogens with zero attached hydrogens (tertiary/aromatic N) is 2. The lowest BCUT2D eigenvalue weighted by atomic mass is 10.1. The topological polar surface area (TPSA) is 102 Å². The number of hydrogen-bond donors (Lipinski definition) is 2. The molecule has 0 atom stereocenters. The number of primary sulfonamides is 1. The smallest absolute Gasteiger partial charge is 0.225 e. The minimum atomic E-state index is -3.82. The molecule has 0 aliphatic heterocycles. The molecular weight excluding hydrogens is 228 g/mol. The van der Waals surface area contributed by atoms with Gasteiger partial charge in [0.1, 0.15) is 15.9 Å². The zero-order valence-electron chi connectivity index (χ0n) is 8.34. The standard InChI is InChI=1S/C9H10N4O2S/c1-2-3-6-4-5-7-8(12-13-11-7)9(6)16(10,14)15/h2,4-5H,1,3H2,(H2,10,14,15)(H,11,12,13). The Bertz CT molecular complexity index is 645. The molecule has 0 aliphatic rings. The molecule has 2 rings (SSSR count). The molecule has 3 N–H and O–H groups in total. The Morgan fingerprint density at radius 3 is 2.81 bits per heavy atom. The Labute approximate surface area is 92.2 Å². The molecule has 0 amide bonds. The minimum absolute atomic E-state index is 0.0126. The Morgan fingerprint density at radius 2 is 2.19 bits per heavy atom. The van der Waals surface area contributed by atoms with Crippen LogP contribution in [0.2, 0.25) is 0 Å². The highest BCUT2D eigenvalue weighted by Crippen LogP contribution is 2.23. The normalized spacial score (nSPS) is 11.8. The fraction of sp³-hybridized carbons (Fsp3) is 0.111. The molecular formula is C9H10N4O2S. The summed E-state index contributed by atoms with van der Waals surface area (Å²) in [6, 6.07) is 3.35. The first-order chi connectivity index (χ1) is 7.54. The summed E-state index contributed by atoms with van der Waals surface area (Å²) < 4.78 is 23.0. The van der Waals surface area contributed by atoms with E-state index in [0.29, 0.717) is 17.5 Å². The third-order valence-corrected chi connectivity index (χ3v) is 3.20. The maximum atomic E-state index is 11.5. The summed E-state index contributed by atoms with van der Waals surface area (Å²) in [5.74, 6) is 0. The fourth-order valence-corrected chi connectivity index (χ4v) is 2.50. The second kappa shape index (κ2) is 3.69. The number of allylic oxidation sites excluding steroid dienone is 1. The number of H-pyrrole nitrogens is 1. The maximum absolute atomic E-state index is 11.5. The van der Waals surface area contributed by atoms with Gasteiger partial charge in [-0.3, -0.25) is 0 Å². The molecule has 0 fully saturated rings. The zero-order valence-corrected chi connectivity index (χ0v) is 9.16. The van der Waals surface area contributed by atoms with E-state index in [-0.39, 0.29) is 10.4 Å². The van der Waals surface area contributed by atoms with Gasteiger partial charge in [0.05, 0.1) is 0 Å². The number of nitrogens with two attached hydrogens (primary N) is 1. The highest BCUT2D eigenvalue weighted by Gasteiger charge is 2.19. The van der Waals surface area contributed by atoms with Crippen molar-refractivity contribution in [2.75, 3.05) is 0 Å². The Balaban J connectivity index is 2.86. The quantitative estimate of drug-likeness (QED) is 0.752. The third-order valence-electron chi connectivity index (χ3n) is 2.17. The summed E-state index contributed by atoms with van der Waals surface area (Å²) in [7, 11) is -3.82. The summed E-state index contributed by atoms with van der Waals surface area (Å²) in [6.07, 6.45) is 2.02. The van der Waals surface area contributed by atoms with E-state index in [0.717, 1.165) is 0 Å². The summed E-state index contributed by atoms with van der Waals surface area (Å²) in [5, 5.41) is 15.2. The predicted molar refractivity (Wildman–Crippen MR) is 59.2 cm³/mol. The van der Waals surface area contributed by atoms with E-state index in [4.69, 9.17) is 5.14 Å². The van der Waals surface area contributed by atoms with Crippen LogP contribution in [0.1, 0.15) is 5.56 Å². The van der Waals surface area contributed by atoms with Gasteiger partial charge in [-0.1, -0.05) is 12.1 Å². The molecule has 16 heavy (non-hydrogen) atoms. The number of nitrogens with one attached hydrogen (secondary N) is 1. The highest BCUT2D eigenvalue weighted by molar-refractivity contribution is 7.89. The van der Waals surface area contributed by atoms with Crippen molar-refractivity contribution >= 4 is 21.1 Å². The van der Waals surface area contributed by atoms with Crippen LogP contribution in [-0.4, -0.2) is 23.8 Å². The molecule has 0 spiro atoms. The van der Waals surface area contributed by atoms with Crippen LogP contribution in [-0.2, 0) is 16.4 Å². The fourth-order valence-electron chi connectivity index (χ4n) is 1.56. The first-order valence-corrected chi connectivity index (χ1v) is 6.04. The van der Waals surface area contributed by atoms with Crippen LogP contribution in [0.3, 0.4) is 0 Å². The lowest BCUT2D eigenvalue weighted by Crippen LogP contribution is -2.15. The average Bonchev–Trinajstić information content (AvgIpc) is 2.63. The number of benzene rings is 1. The van der Waals surface area contributed by atoms with Crippen molar-refractivity contribution in [3.8, 4) is 0 Å². The Kier molecular flexibility index (Phi) is 2.49. The molecule has 6 nitrogen and oxygen atoms in total. The number of aromatic amines is 1. The molecule has 0 radical (unpaired) electrons. The predicted octanol–water partition coefficient (Wildman–Crippen LogP) is 0.334. The molecule has 0 saturated heterocycles. The molecule has 7 heteroatoms. The molecule has 1 heterocycles. The largest absolute Gasteiger partial charge is 0.240 e. The van der Waals surface area contributed by atoms with E-state index in [1.165, 1.54) is 0 Å².